The highest BCUT2D eigenvalue weighted by Crippen LogP contribution is 2.41. The van der Waals surface area contributed by atoms with Crippen molar-refractivity contribution >= 4 is 17.7 Å². The number of rotatable bonds is 4. The van der Waals surface area contributed by atoms with Gasteiger partial charge in [0.05, 0.1) is 6.04 Å². The maximum Gasteiger partial charge on any atom is 0.264 e. The van der Waals surface area contributed by atoms with Crippen molar-refractivity contribution < 1.29 is 9.18 Å². The van der Waals surface area contributed by atoms with Gasteiger partial charge >= 0.3 is 0 Å². The molecular formula is C17H19FN4OS. The van der Waals surface area contributed by atoms with E-state index in [0.29, 0.717) is 17.4 Å². The van der Waals surface area contributed by atoms with Crippen LogP contribution in [-0.4, -0.2) is 43.9 Å². The van der Waals surface area contributed by atoms with E-state index in [1.54, 1.807) is 12.1 Å². The first-order valence-corrected chi connectivity index (χ1v) is 9.21. The van der Waals surface area contributed by atoms with E-state index in [9.17, 15) is 9.18 Å². The molecule has 2 unspecified atom stereocenters. The second kappa shape index (κ2) is 6.29. The Balaban J connectivity index is 1.68. The normalized spacial score (nSPS) is 22.1. The standard InChI is InChI=1S/C17H19FN4OS/c1-2-13-19-17-22(20-13)16(23)15(24-17)14(21-9-3-4-10-21)11-5-7-12(18)8-6-11/h5-8,14-15H,2-4,9-10H2,1H3. The zero-order valence-corrected chi connectivity index (χ0v) is 14.3. The van der Waals surface area contributed by atoms with E-state index < -0.39 is 0 Å². The van der Waals surface area contributed by atoms with Gasteiger partial charge in [0.2, 0.25) is 0 Å². The van der Waals surface area contributed by atoms with Crippen molar-refractivity contribution in [3.05, 3.63) is 41.5 Å². The fourth-order valence-corrected chi connectivity index (χ4v) is 4.72. The Bertz CT molecular complexity index is 754. The molecule has 1 fully saturated rings. The largest absolute Gasteiger partial charge is 0.295 e. The van der Waals surface area contributed by atoms with Crippen LogP contribution in [0.15, 0.2) is 29.4 Å². The Hall–Kier alpha value is -1.73. The van der Waals surface area contributed by atoms with Crippen LogP contribution in [0.1, 0.15) is 42.0 Å². The van der Waals surface area contributed by atoms with Crippen LogP contribution in [0, 0.1) is 5.82 Å². The average Bonchev–Trinajstić information content (AvgIpc) is 3.29. The topological polar surface area (TPSA) is 51.0 Å². The molecule has 1 aromatic carbocycles. The summed E-state index contributed by atoms with van der Waals surface area (Å²) in [5.41, 5.74) is 0.977. The molecule has 3 heterocycles. The molecule has 1 aromatic heterocycles. The van der Waals surface area contributed by atoms with E-state index in [2.05, 4.69) is 15.0 Å². The van der Waals surface area contributed by atoms with E-state index in [1.165, 1.54) is 28.6 Å². The zero-order valence-electron chi connectivity index (χ0n) is 13.5. The molecule has 1 saturated heterocycles. The Labute approximate surface area is 144 Å². The number of halogens is 1. The number of hydrogen-bond acceptors (Lipinski definition) is 5. The number of carbonyl (C=O) groups excluding carboxylic acids is 1. The lowest BCUT2D eigenvalue weighted by atomic mass is 10.0. The Morgan fingerprint density at radius 1 is 1.29 bits per heavy atom. The first-order valence-electron chi connectivity index (χ1n) is 8.33. The van der Waals surface area contributed by atoms with Gasteiger partial charge in [0, 0.05) is 6.42 Å². The number of aromatic nitrogens is 3. The Kier molecular flexibility index (Phi) is 4.14. The van der Waals surface area contributed by atoms with Crippen molar-refractivity contribution in [1.29, 1.82) is 0 Å². The summed E-state index contributed by atoms with van der Waals surface area (Å²) < 4.78 is 14.8. The van der Waals surface area contributed by atoms with E-state index in [4.69, 9.17) is 0 Å². The monoisotopic (exact) mass is 346 g/mol. The molecule has 24 heavy (non-hydrogen) atoms. The lowest BCUT2D eigenvalue weighted by molar-refractivity contribution is 0.0847. The van der Waals surface area contributed by atoms with Crippen LogP contribution < -0.4 is 0 Å². The molecule has 0 N–H and O–H groups in total. The van der Waals surface area contributed by atoms with E-state index >= 15 is 0 Å². The number of aryl methyl sites for hydroxylation is 1. The molecule has 2 aromatic rings. The average molecular weight is 346 g/mol. The predicted octanol–water partition coefficient (Wildman–Crippen LogP) is 2.93. The lowest BCUT2D eigenvalue weighted by Gasteiger charge is -2.31. The number of benzene rings is 1. The minimum Gasteiger partial charge on any atom is -0.295 e. The second-order valence-electron chi connectivity index (χ2n) is 6.19. The van der Waals surface area contributed by atoms with Crippen LogP contribution in [-0.2, 0) is 6.42 Å². The van der Waals surface area contributed by atoms with Gasteiger partial charge in [-0.1, -0.05) is 30.8 Å². The molecule has 0 aliphatic carbocycles. The predicted molar refractivity (Wildman–Crippen MR) is 89.6 cm³/mol. The number of nitrogens with zero attached hydrogens (tertiary/aromatic N) is 4. The van der Waals surface area contributed by atoms with Crippen molar-refractivity contribution in [1.82, 2.24) is 19.7 Å². The van der Waals surface area contributed by atoms with E-state index in [0.717, 1.165) is 31.5 Å². The van der Waals surface area contributed by atoms with Gasteiger partial charge in [-0.25, -0.2) is 9.37 Å². The van der Waals surface area contributed by atoms with Crippen LogP contribution in [0.5, 0.6) is 0 Å². The summed E-state index contributed by atoms with van der Waals surface area (Å²) in [6, 6.07) is 6.44. The van der Waals surface area contributed by atoms with Gasteiger partial charge in [-0.3, -0.25) is 9.69 Å². The van der Waals surface area contributed by atoms with E-state index in [-0.39, 0.29) is 23.0 Å². The van der Waals surface area contributed by atoms with Gasteiger partial charge < -0.3 is 0 Å². The summed E-state index contributed by atoms with van der Waals surface area (Å²) in [5, 5.41) is 4.71. The first-order chi connectivity index (χ1) is 11.7. The third-order valence-corrected chi connectivity index (χ3v) is 5.84. The first kappa shape index (κ1) is 15.8. The smallest absolute Gasteiger partial charge is 0.264 e. The molecular weight excluding hydrogens is 327 g/mol. The highest BCUT2D eigenvalue weighted by Gasteiger charge is 2.43. The van der Waals surface area contributed by atoms with Crippen molar-refractivity contribution in [2.75, 3.05) is 13.1 Å². The summed E-state index contributed by atoms with van der Waals surface area (Å²) in [6.07, 6.45) is 2.98. The molecule has 0 bridgehead atoms. The third kappa shape index (κ3) is 2.65. The molecule has 2 aliphatic heterocycles. The molecule has 0 radical (unpaired) electrons. The van der Waals surface area contributed by atoms with Gasteiger partial charge in [0.15, 0.2) is 11.0 Å². The van der Waals surface area contributed by atoms with Crippen LogP contribution in [0.25, 0.3) is 0 Å². The van der Waals surface area contributed by atoms with Gasteiger partial charge in [-0.2, -0.15) is 4.68 Å². The number of thioether (sulfide) groups is 1. The van der Waals surface area contributed by atoms with Crippen molar-refractivity contribution in [3.63, 3.8) is 0 Å². The zero-order chi connectivity index (χ0) is 16.7. The van der Waals surface area contributed by atoms with Gasteiger partial charge in [0.25, 0.3) is 5.91 Å². The summed E-state index contributed by atoms with van der Waals surface area (Å²) in [6.45, 7) is 3.90. The van der Waals surface area contributed by atoms with Gasteiger partial charge in [-0.05, 0) is 43.6 Å². The quantitative estimate of drug-likeness (QED) is 0.852. The molecule has 7 heteroatoms. The number of likely N-dealkylation sites (tertiary alicyclic amines) is 1. The summed E-state index contributed by atoms with van der Waals surface area (Å²) >= 11 is 1.48. The number of fused-ring (bicyclic) bond motifs is 1. The molecule has 0 spiro atoms. The highest BCUT2D eigenvalue weighted by molar-refractivity contribution is 8.00. The Morgan fingerprint density at radius 2 is 2.00 bits per heavy atom. The van der Waals surface area contributed by atoms with Crippen LogP contribution >= 0.6 is 11.8 Å². The van der Waals surface area contributed by atoms with Crippen molar-refractivity contribution in [3.8, 4) is 0 Å². The van der Waals surface area contributed by atoms with Gasteiger partial charge in [0.1, 0.15) is 11.1 Å². The molecule has 2 aliphatic rings. The molecule has 4 rings (SSSR count). The maximum absolute atomic E-state index is 13.3. The van der Waals surface area contributed by atoms with Crippen LogP contribution in [0.3, 0.4) is 0 Å². The SMILES string of the molecule is CCc1nc2n(n1)C(=O)C(C(c1ccc(F)cc1)N1CCCC1)S2. The Morgan fingerprint density at radius 3 is 2.62 bits per heavy atom. The minimum atomic E-state index is -0.283. The molecule has 126 valence electrons. The lowest BCUT2D eigenvalue weighted by Crippen LogP contribution is -2.37. The summed E-state index contributed by atoms with van der Waals surface area (Å²) in [4.78, 5) is 19.7. The summed E-state index contributed by atoms with van der Waals surface area (Å²) in [5.74, 6) is 0.415. The molecule has 5 nitrogen and oxygen atoms in total. The van der Waals surface area contributed by atoms with Crippen LogP contribution in [0.2, 0.25) is 0 Å². The molecule has 0 amide bonds. The minimum absolute atomic E-state index is 0.0246. The fraction of sp³-hybridized carbons (Fsp3) is 0.471. The van der Waals surface area contributed by atoms with Crippen molar-refractivity contribution in [2.24, 2.45) is 0 Å². The maximum atomic E-state index is 13.3. The molecule has 0 saturated carbocycles. The highest BCUT2D eigenvalue weighted by atomic mass is 32.2. The summed E-state index contributed by atoms with van der Waals surface area (Å²) in [7, 11) is 0. The third-order valence-electron chi connectivity index (χ3n) is 4.65. The second-order valence-corrected chi connectivity index (χ2v) is 7.30. The van der Waals surface area contributed by atoms with E-state index in [1.807, 2.05) is 6.92 Å². The van der Waals surface area contributed by atoms with Crippen molar-refractivity contribution in [2.45, 2.75) is 42.6 Å². The van der Waals surface area contributed by atoms with Gasteiger partial charge in [-0.15, -0.1) is 5.10 Å². The number of carbonyl (C=O) groups is 1. The molecule has 2 atom stereocenters. The number of hydrogen-bond donors (Lipinski definition) is 0. The fourth-order valence-electron chi connectivity index (χ4n) is 3.45. The van der Waals surface area contributed by atoms with Crippen LogP contribution in [0.4, 0.5) is 4.39 Å².